The van der Waals surface area contributed by atoms with Gasteiger partial charge in [0.1, 0.15) is 5.75 Å². The molecule has 26 heavy (non-hydrogen) atoms. The zero-order chi connectivity index (χ0) is 19.3. The van der Waals surface area contributed by atoms with Crippen molar-refractivity contribution in [1.82, 2.24) is 0 Å². The van der Waals surface area contributed by atoms with Crippen molar-refractivity contribution in [2.24, 2.45) is 0 Å². The average molecular weight is 441 g/mol. The quantitative estimate of drug-likeness (QED) is 0.366. The number of rotatable bonds is 7. The summed E-state index contributed by atoms with van der Waals surface area (Å²) >= 11 is 3.18. The van der Waals surface area contributed by atoms with E-state index >= 15 is 0 Å². The van der Waals surface area contributed by atoms with Crippen LogP contribution in [-0.2, 0) is 15.9 Å². The number of hydrogen-bond donors (Lipinski definition) is 0. The van der Waals surface area contributed by atoms with E-state index < -0.39 is 20.8 Å². The topological polar surface area (TPSA) is 120 Å². The number of benzene rings is 2. The molecule has 136 valence electrons. The minimum absolute atomic E-state index is 0.0623. The number of nitro benzene ring substituents is 1. The Bertz CT molecular complexity index is 967. The number of nitriles is 1. The van der Waals surface area contributed by atoms with E-state index in [1.807, 2.05) is 6.07 Å². The first-order valence-electron chi connectivity index (χ1n) is 7.27. The van der Waals surface area contributed by atoms with Gasteiger partial charge < -0.3 is 8.92 Å². The maximum absolute atomic E-state index is 12.4. The third-order valence-corrected chi connectivity index (χ3v) is 4.84. The van der Waals surface area contributed by atoms with Crippen LogP contribution in [-0.4, -0.2) is 19.9 Å². The summed E-state index contributed by atoms with van der Waals surface area (Å²) in [6.07, 6.45) is 0. The molecule has 2 aromatic rings. The molecule has 0 atom stereocenters. The fraction of sp³-hybridized carbons (Fsp3) is 0.188. The molecule has 0 aromatic heterocycles. The van der Waals surface area contributed by atoms with Gasteiger partial charge in [0.05, 0.1) is 27.6 Å². The highest BCUT2D eigenvalue weighted by atomic mass is 79.9. The van der Waals surface area contributed by atoms with Crippen LogP contribution in [0.1, 0.15) is 18.1 Å². The van der Waals surface area contributed by atoms with Crippen LogP contribution in [0.3, 0.4) is 0 Å². The smallest absolute Gasteiger partial charge is 0.313 e. The summed E-state index contributed by atoms with van der Waals surface area (Å²) < 4.78 is 35.5. The van der Waals surface area contributed by atoms with E-state index in [9.17, 15) is 18.5 Å². The number of halogens is 1. The molecule has 2 aromatic carbocycles. The lowest BCUT2D eigenvalue weighted by Crippen LogP contribution is -2.13. The molecule has 10 heteroatoms. The van der Waals surface area contributed by atoms with Crippen molar-refractivity contribution >= 4 is 31.7 Å². The van der Waals surface area contributed by atoms with E-state index in [4.69, 9.17) is 14.2 Å². The molecule has 0 saturated carbocycles. The van der Waals surface area contributed by atoms with Gasteiger partial charge in [0.15, 0.2) is 11.5 Å². The van der Waals surface area contributed by atoms with Gasteiger partial charge in [-0.3, -0.25) is 10.1 Å². The Morgan fingerprint density at radius 1 is 1.27 bits per heavy atom. The van der Waals surface area contributed by atoms with Gasteiger partial charge in [-0.2, -0.15) is 13.7 Å². The highest BCUT2D eigenvalue weighted by Crippen LogP contribution is 2.38. The molecule has 0 aliphatic heterocycles. The van der Waals surface area contributed by atoms with Gasteiger partial charge in [0.25, 0.3) is 5.69 Å². The van der Waals surface area contributed by atoms with Crippen LogP contribution in [0.15, 0.2) is 40.9 Å². The van der Waals surface area contributed by atoms with Crippen LogP contribution in [0.5, 0.6) is 11.5 Å². The van der Waals surface area contributed by atoms with Crippen LogP contribution in [0.2, 0.25) is 0 Å². The minimum Gasteiger partial charge on any atom is -0.490 e. The third kappa shape index (κ3) is 4.93. The second kappa shape index (κ2) is 8.16. The molecule has 8 nitrogen and oxygen atoms in total. The molecule has 0 saturated heterocycles. The zero-order valence-corrected chi connectivity index (χ0v) is 15.9. The van der Waals surface area contributed by atoms with Gasteiger partial charge in [-0.1, -0.05) is 12.1 Å². The summed E-state index contributed by atoms with van der Waals surface area (Å²) in [5, 5.41) is 19.6. The van der Waals surface area contributed by atoms with Gasteiger partial charge in [-0.05, 0) is 34.5 Å². The summed E-state index contributed by atoms with van der Waals surface area (Å²) in [4.78, 5) is 10.1. The van der Waals surface area contributed by atoms with Crippen molar-refractivity contribution in [2.75, 3.05) is 6.61 Å². The molecule has 0 heterocycles. The molecule has 0 spiro atoms. The highest BCUT2D eigenvalue weighted by Gasteiger charge is 2.21. The fourth-order valence-corrected chi connectivity index (χ4v) is 3.77. The molecule has 0 aliphatic carbocycles. The summed E-state index contributed by atoms with van der Waals surface area (Å²) in [5.41, 5.74) is 0.472. The summed E-state index contributed by atoms with van der Waals surface area (Å²) in [5.74, 6) is -0.429. The molecule has 0 aliphatic rings. The predicted molar refractivity (Wildman–Crippen MR) is 96.4 cm³/mol. The van der Waals surface area contributed by atoms with E-state index in [2.05, 4.69) is 15.9 Å². The summed E-state index contributed by atoms with van der Waals surface area (Å²) in [7, 11) is -4.07. The molecule has 0 N–H and O–H groups in total. The van der Waals surface area contributed by atoms with Crippen molar-refractivity contribution < 1.29 is 22.3 Å². The first-order valence-corrected chi connectivity index (χ1v) is 9.64. The third-order valence-electron chi connectivity index (χ3n) is 3.14. The molecular weight excluding hydrogens is 428 g/mol. The normalized spacial score (nSPS) is 10.8. The fourth-order valence-electron chi connectivity index (χ4n) is 2.05. The summed E-state index contributed by atoms with van der Waals surface area (Å²) in [6.45, 7) is 1.96. The highest BCUT2D eigenvalue weighted by molar-refractivity contribution is 9.10. The lowest BCUT2D eigenvalue weighted by Gasteiger charge is -2.14. The maximum Gasteiger partial charge on any atom is 0.313 e. The molecular formula is C16H13BrN2O6S. The SMILES string of the molecule is CCOc1cc(C#N)cc(Br)c1OS(=O)(=O)Cc1ccc([N+](=O)[O-])cc1. The predicted octanol–water partition coefficient (Wildman–Crippen LogP) is 3.54. The van der Waals surface area contributed by atoms with Crippen LogP contribution in [0.25, 0.3) is 0 Å². The Hall–Kier alpha value is -2.64. The van der Waals surface area contributed by atoms with Crippen molar-refractivity contribution in [2.45, 2.75) is 12.7 Å². The molecule has 2 rings (SSSR count). The summed E-state index contributed by atoms with van der Waals surface area (Å²) in [6, 6.07) is 9.86. The molecule has 0 fully saturated rings. The molecule has 0 radical (unpaired) electrons. The standard InChI is InChI=1S/C16H13BrN2O6S/c1-2-24-15-8-12(9-18)7-14(17)16(15)25-26(22,23)10-11-3-5-13(6-4-11)19(20)21/h3-8H,2,10H2,1H3. The number of ether oxygens (including phenoxy) is 1. The van der Waals surface area contributed by atoms with Crippen molar-refractivity contribution in [3.63, 3.8) is 0 Å². The maximum atomic E-state index is 12.4. The Kier molecular flexibility index (Phi) is 6.18. The van der Waals surface area contributed by atoms with E-state index in [1.54, 1.807) is 6.92 Å². The second-order valence-electron chi connectivity index (χ2n) is 5.04. The second-order valence-corrected chi connectivity index (χ2v) is 7.46. The number of nitrogens with zero attached hydrogens (tertiary/aromatic N) is 2. The minimum atomic E-state index is -4.07. The average Bonchev–Trinajstić information content (AvgIpc) is 2.58. The van der Waals surface area contributed by atoms with E-state index in [0.717, 1.165) is 0 Å². The lowest BCUT2D eigenvalue weighted by molar-refractivity contribution is -0.384. The van der Waals surface area contributed by atoms with Gasteiger partial charge in [0, 0.05) is 18.2 Å². The lowest BCUT2D eigenvalue weighted by atomic mass is 10.2. The Morgan fingerprint density at radius 2 is 1.92 bits per heavy atom. The monoisotopic (exact) mass is 440 g/mol. The molecule has 0 bridgehead atoms. The Balaban J connectivity index is 2.28. The van der Waals surface area contributed by atoms with E-state index in [1.165, 1.54) is 36.4 Å². The van der Waals surface area contributed by atoms with Crippen molar-refractivity contribution in [1.29, 1.82) is 5.26 Å². The zero-order valence-electron chi connectivity index (χ0n) is 13.5. The van der Waals surface area contributed by atoms with Gasteiger partial charge in [-0.25, -0.2) is 0 Å². The van der Waals surface area contributed by atoms with E-state index in [0.29, 0.717) is 5.56 Å². The number of hydrogen-bond acceptors (Lipinski definition) is 7. The van der Waals surface area contributed by atoms with Gasteiger partial charge in [0.2, 0.25) is 0 Å². The first kappa shape index (κ1) is 19.7. The Labute approximate surface area is 158 Å². The van der Waals surface area contributed by atoms with E-state index in [-0.39, 0.29) is 33.8 Å². The van der Waals surface area contributed by atoms with Crippen LogP contribution in [0.4, 0.5) is 5.69 Å². The van der Waals surface area contributed by atoms with Crippen LogP contribution < -0.4 is 8.92 Å². The largest absolute Gasteiger partial charge is 0.490 e. The van der Waals surface area contributed by atoms with Crippen LogP contribution >= 0.6 is 15.9 Å². The van der Waals surface area contributed by atoms with Gasteiger partial charge >= 0.3 is 10.1 Å². The first-order chi connectivity index (χ1) is 12.3. The van der Waals surface area contributed by atoms with Gasteiger partial charge in [-0.15, -0.1) is 0 Å². The molecule has 0 amide bonds. The van der Waals surface area contributed by atoms with Crippen LogP contribution in [0, 0.1) is 21.4 Å². The Morgan fingerprint density at radius 3 is 2.46 bits per heavy atom. The van der Waals surface area contributed by atoms with Crippen molar-refractivity contribution in [3.05, 3.63) is 62.1 Å². The molecule has 0 unspecified atom stereocenters. The van der Waals surface area contributed by atoms with Crippen molar-refractivity contribution in [3.8, 4) is 17.6 Å². The number of nitro groups is 1. The number of non-ortho nitro benzene ring substituents is 1.